The fourth-order valence-corrected chi connectivity index (χ4v) is 7.13. The number of benzene rings is 2. The number of carboxylic acids is 1. The van der Waals surface area contributed by atoms with Crippen molar-refractivity contribution in [2.24, 2.45) is 11.8 Å². The van der Waals surface area contributed by atoms with Crippen molar-refractivity contribution >= 4 is 44.7 Å². The van der Waals surface area contributed by atoms with Crippen molar-refractivity contribution in [1.82, 2.24) is 15.0 Å². The number of amides is 2. The van der Waals surface area contributed by atoms with Crippen molar-refractivity contribution in [1.29, 1.82) is 0 Å². The first-order valence-corrected chi connectivity index (χ1v) is 14.8. The Labute approximate surface area is 240 Å². The highest BCUT2D eigenvalue weighted by molar-refractivity contribution is 9.10. The summed E-state index contributed by atoms with van der Waals surface area (Å²) >= 11 is 3.71. The molecular weight excluding hydrogens is 578 g/mol. The molecular formula is C30H32BrN3O6. The molecule has 1 N–H and O–H groups in total. The highest BCUT2D eigenvalue weighted by atomic mass is 79.9. The van der Waals surface area contributed by atoms with Gasteiger partial charge in [-0.2, -0.15) is 0 Å². The van der Waals surface area contributed by atoms with Crippen LogP contribution in [-0.4, -0.2) is 57.5 Å². The van der Waals surface area contributed by atoms with Crippen LogP contribution in [0.1, 0.15) is 61.4 Å². The van der Waals surface area contributed by atoms with Gasteiger partial charge in [0.1, 0.15) is 18.1 Å². The summed E-state index contributed by atoms with van der Waals surface area (Å²) in [7, 11) is 0. The second-order valence-electron chi connectivity index (χ2n) is 10.9. The predicted molar refractivity (Wildman–Crippen MR) is 150 cm³/mol. The van der Waals surface area contributed by atoms with Gasteiger partial charge < -0.3 is 24.2 Å². The van der Waals surface area contributed by atoms with E-state index >= 15 is 0 Å². The number of hydrogen-bond acceptors (Lipinski definition) is 6. The Morgan fingerprint density at radius 2 is 1.85 bits per heavy atom. The lowest BCUT2D eigenvalue weighted by Crippen LogP contribution is -2.50. The number of carbonyl (C=O) groups is 3. The van der Waals surface area contributed by atoms with Gasteiger partial charge in [-0.05, 0) is 55.5 Å². The average molecular weight is 611 g/mol. The van der Waals surface area contributed by atoms with Gasteiger partial charge in [-0.15, -0.1) is 0 Å². The van der Waals surface area contributed by atoms with Crippen LogP contribution < -0.4 is 4.74 Å². The van der Waals surface area contributed by atoms with Crippen molar-refractivity contribution in [2.75, 3.05) is 19.6 Å². The molecule has 1 aliphatic carbocycles. The Kier molecular flexibility index (Phi) is 7.53. The summed E-state index contributed by atoms with van der Waals surface area (Å²) in [4.78, 5) is 42.6. The maximum absolute atomic E-state index is 14.1. The number of carbonyl (C=O) groups excluding carboxylic acids is 2. The molecule has 3 unspecified atom stereocenters. The monoisotopic (exact) mass is 609 g/mol. The van der Waals surface area contributed by atoms with Crippen molar-refractivity contribution < 1.29 is 28.8 Å². The standard InChI is InChI=1S/C30H32BrN3O6/c31-22-11-12-26(39-17-23-21-8-3-4-9-25(21)40-32-23)28-20(22)13-15-34(24(28)16-33-14-5-10-27(33)35)29(36)18-6-1-2-7-19(18)30(37)38/h3-4,8-9,11-12,18-19,24H,1-2,5-7,10,13-17H2,(H,37,38). The van der Waals surface area contributed by atoms with Crippen LogP contribution in [0.5, 0.6) is 5.75 Å². The second kappa shape index (κ2) is 11.2. The lowest BCUT2D eigenvalue weighted by Gasteiger charge is -2.43. The van der Waals surface area contributed by atoms with Crippen LogP contribution in [0.25, 0.3) is 11.0 Å². The molecule has 2 aromatic carbocycles. The van der Waals surface area contributed by atoms with Crippen LogP contribution in [0.15, 0.2) is 45.4 Å². The molecule has 210 valence electrons. The summed E-state index contributed by atoms with van der Waals surface area (Å²) in [6.07, 6.45) is 4.62. The summed E-state index contributed by atoms with van der Waals surface area (Å²) in [6.45, 7) is 1.63. The molecule has 10 heteroatoms. The number of halogens is 1. The van der Waals surface area contributed by atoms with E-state index in [4.69, 9.17) is 9.26 Å². The molecule has 3 atom stereocenters. The number of aliphatic carboxylic acids is 1. The number of carboxylic acid groups (broad SMARTS) is 1. The van der Waals surface area contributed by atoms with Gasteiger partial charge in [0, 0.05) is 41.5 Å². The topological polar surface area (TPSA) is 113 Å². The molecule has 3 aliphatic rings. The zero-order valence-electron chi connectivity index (χ0n) is 22.2. The van der Waals surface area contributed by atoms with E-state index in [9.17, 15) is 19.5 Å². The van der Waals surface area contributed by atoms with E-state index in [-0.39, 0.29) is 18.4 Å². The minimum atomic E-state index is -0.909. The fraction of sp³-hybridized carbons (Fsp3) is 0.467. The number of para-hydroxylation sites is 1. The molecule has 1 saturated heterocycles. The van der Waals surface area contributed by atoms with Crippen LogP contribution in [-0.2, 0) is 27.4 Å². The van der Waals surface area contributed by atoms with Crippen LogP contribution in [0.2, 0.25) is 0 Å². The van der Waals surface area contributed by atoms with E-state index in [0.29, 0.717) is 62.3 Å². The highest BCUT2D eigenvalue weighted by Crippen LogP contribution is 2.43. The number of nitrogens with zero attached hydrogens (tertiary/aromatic N) is 3. The number of ether oxygens (including phenoxy) is 1. The van der Waals surface area contributed by atoms with Crippen LogP contribution in [0.3, 0.4) is 0 Å². The Bertz CT molecular complexity index is 1450. The van der Waals surface area contributed by atoms with Crippen molar-refractivity contribution in [2.45, 2.75) is 57.6 Å². The predicted octanol–water partition coefficient (Wildman–Crippen LogP) is 5.11. The van der Waals surface area contributed by atoms with Gasteiger partial charge in [0.25, 0.3) is 0 Å². The summed E-state index contributed by atoms with van der Waals surface area (Å²) in [6, 6.07) is 11.0. The molecule has 40 heavy (non-hydrogen) atoms. The van der Waals surface area contributed by atoms with Gasteiger partial charge in [0.2, 0.25) is 11.8 Å². The molecule has 3 heterocycles. The Morgan fingerprint density at radius 1 is 1.05 bits per heavy atom. The third kappa shape index (κ3) is 4.98. The quantitative estimate of drug-likeness (QED) is 0.396. The number of rotatable bonds is 7. The van der Waals surface area contributed by atoms with E-state index in [1.807, 2.05) is 46.2 Å². The van der Waals surface area contributed by atoms with Gasteiger partial charge in [-0.25, -0.2) is 0 Å². The van der Waals surface area contributed by atoms with Crippen molar-refractivity contribution in [3.05, 3.63) is 57.7 Å². The summed E-state index contributed by atoms with van der Waals surface area (Å²) in [5, 5.41) is 15.0. The zero-order chi connectivity index (χ0) is 27.8. The normalized spacial score (nSPS) is 22.9. The molecule has 0 spiro atoms. The minimum absolute atomic E-state index is 0.0760. The number of aromatic nitrogens is 1. The summed E-state index contributed by atoms with van der Waals surface area (Å²) in [5.74, 6) is -1.60. The van der Waals surface area contributed by atoms with E-state index in [1.54, 1.807) is 0 Å². The molecule has 0 radical (unpaired) electrons. The van der Waals surface area contributed by atoms with Gasteiger partial charge in [-0.1, -0.05) is 46.1 Å². The maximum atomic E-state index is 14.1. The van der Waals surface area contributed by atoms with Crippen molar-refractivity contribution in [3.63, 3.8) is 0 Å². The summed E-state index contributed by atoms with van der Waals surface area (Å²) in [5.41, 5.74) is 3.26. The molecule has 3 aromatic rings. The number of likely N-dealkylation sites (tertiary alicyclic amines) is 1. The molecule has 1 aromatic heterocycles. The molecule has 1 saturated carbocycles. The lowest BCUT2D eigenvalue weighted by atomic mass is 9.77. The molecule has 0 bridgehead atoms. The lowest BCUT2D eigenvalue weighted by molar-refractivity contribution is -0.154. The van der Waals surface area contributed by atoms with Gasteiger partial charge in [-0.3, -0.25) is 14.4 Å². The second-order valence-corrected chi connectivity index (χ2v) is 11.8. The third-order valence-corrected chi connectivity index (χ3v) is 9.38. The number of fused-ring (bicyclic) bond motifs is 2. The Balaban J connectivity index is 1.36. The third-order valence-electron chi connectivity index (χ3n) is 8.64. The van der Waals surface area contributed by atoms with E-state index in [0.717, 1.165) is 40.2 Å². The molecule has 9 nitrogen and oxygen atoms in total. The van der Waals surface area contributed by atoms with Gasteiger partial charge in [0.05, 0.1) is 17.9 Å². The van der Waals surface area contributed by atoms with Crippen LogP contribution in [0, 0.1) is 11.8 Å². The smallest absolute Gasteiger partial charge is 0.307 e. The van der Waals surface area contributed by atoms with Crippen molar-refractivity contribution in [3.8, 4) is 5.75 Å². The van der Waals surface area contributed by atoms with Gasteiger partial charge >= 0.3 is 5.97 Å². The van der Waals surface area contributed by atoms with Crippen LogP contribution in [0.4, 0.5) is 0 Å². The molecule has 2 amide bonds. The maximum Gasteiger partial charge on any atom is 0.307 e. The molecule has 2 fully saturated rings. The first kappa shape index (κ1) is 26.8. The first-order valence-electron chi connectivity index (χ1n) is 14.0. The molecule has 6 rings (SSSR count). The molecule has 2 aliphatic heterocycles. The van der Waals surface area contributed by atoms with E-state index in [2.05, 4.69) is 21.1 Å². The highest BCUT2D eigenvalue weighted by Gasteiger charge is 2.43. The Hall–Kier alpha value is -3.40. The summed E-state index contributed by atoms with van der Waals surface area (Å²) < 4.78 is 12.8. The first-order chi connectivity index (χ1) is 19.4. The van der Waals surface area contributed by atoms with E-state index < -0.39 is 23.8 Å². The Morgan fingerprint density at radius 3 is 2.62 bits per heavy atom. The largest absolute Gasteiger partial charge is 0.487 e. The SMILES string of the molecule is O=C(O)C1CCCCC1C(=O)N1CCc2c(Br)ccc(OCc3noc4ccccc34)c2C1CN1CCCC1=O. The zero-order valence-corrected chi connectivity index (χ0v) is 23.8. The van der Waals surface area contributed by atoms with E-state index in [1.165, 1.54) is 0 Å². The van der Waals surface area contributed by atoms with Crippen LogP contribution >= 0.6 is 15.9 Å². The van der Waals surface area contributed by atoms with Gasteiger partial charge in [0.15, 0.2) is 5.58 Å². The minimum Gasteiger partial charge on any atom is -0.487 e. The average Bonchev–Trinajstić information content (AvgIpc) is 3.58. The fourth-order valence-electron chi connectivity index (χ4n) is 6.59. The number of hydrogen-bond donors (Lipinski definition) is 1.